The molecule has 0 heterocycles. The molecule has 0 aliphatic heterocycles. The highest BCUT2D eigenvalue weighted by molar-refractivity contribution is 6.29. The van der Waals surface area contributed by atoms with Crippen LogP contribution in [-0.4, -0.2) is 17.0 Å². The highest BCUT2D eigenvalue weighted by atomic mass is 35.5. The number of hydrogen-bond donors (Lipinski definition) is 2. The molecule has 1 aromatic carbocycles. The van der Waals surface area contributed by atoms with E-state index in [4.69, 9.17) is 16.7 Å². The standard InChI is InChI=1S/C14H14ClNO3/c1-3-12(8-9(2)15)16-13(17)10-4-6-11(7-5-10)14(18)19/h3-8H,1-2H3,(H,16,17)(H,18,19). The largest absolute Gasteiger partial charge is 0.478 e. The van der Waals surface area contributed by atoms with E-state index in [2.05, 4.69) is 5.32 Å². The van der Waals surface area contributed by atoms with Crippen LogP contribution in [-0.2, 0) is 0 Å². The maximum atomic E-state index is 11.9. The lowest BCUT2D eigenvalue weighted by Crippen LogP contribution is -2.21. The van der Waals surface area contributed by atoms with E-state index in [0.29, 0.717) is 16.3 Å². The Morgan fingerprint density at radius 1 is 1.21 bits per heavy atom. The topological polar surface area (TPSA) is 66.4 Å². The van der Waals surface area contributed by atoms with Crippen LogP contribution in [0.1, 0.15) is 34.6 Å². The number of halogens is 1. The van der Waals surface area contributed by atoms with Gasteiger partial charge in [0.1, 0.15) is 0 Å². The van der Waals surface area contributed by atoms with E-state index in [-0.39, 0.29) is 11.5 Å². The quantitative estimate of drug-likeness (QED) is 0.832. The number of rotatable bonds is 4. The van der Waals surface area contributed by atoms with Gasteiger partial charge in [-0.3, -0.25) is 4.79 Å². The summed E-state index contributed by atoms with van der Waals surface area (Å²) in [6.45, 7) is 3.48. The number of hydrogen-bond acceptors (Lipinski definition) is 2. The van der Waals surface area contributed by atoms with Gasteiger partial charge in [-0.15, -0.1) is 0 Å². The van der Waals surface area contributed by atoms with Crippen LogP contribution >= 0.6 is 11.6 Å². The van der Waals surface area contributed by atoms with Gasteiger partial charge in [0.25, 0.3) is 5.91 Å². The summed E-state index contributed by atoms with van der Waals surface area (Å²) >= 11 is 5.74. The zero-order valence-corrected chi connectivity index (χ0v) is 11.4. The zero-order valence-electron chi connectivity index (χ0n) is 10.6. The average Bonchev–Trinajstić information content (AvgIpc) is 2.37. The predicted octanol–water partition coefficient (Wildman–Crippen LogP) is 3.16. The first-order valence-corrected chi connectivity index (χ1v) is 5.96. The van der Waals surface area contributed by atoms with Gasteiger partial charge in [-0.25, -0.2) is 4.79 Å². The van der Waals surface area contributed by atoms with Gasteiger partial charge in [0, 0.05) is 16.3 Å². The Labute approximate surface area is 116 Å². The van der Waals surface area contributed by atoms with Gasteiger partial charge in [0.15, 0.2) is 0 Å². The Morgan fingerprint density at radius 3 is 2.16 bits per heavy atom. The number of nitrogens with one attached hydrogen (secondary N) is 1. The second-order valence-electron chi connectivity index (χ2n) is 3.81. The number of carboxylic acids is 1. The molecule has 100 valence electrons. The first-order valence-electron chi connectivity index (χ1n) is 5.59. The van der Waals surface area contributed by atoms with Crippen molar-refractivity contribution in [2.45, 2.75) is 13.8 Å². The van der Waals surface area contributed by atoms with E-state index < -0.39 is 5.97 Å². The summed E-state index contributed by atoms with van der Waals surface area (Å²) in [5, 5.41) is 12.0. The molecule has 0 aliphatic carbocycles. The van der Waals surface area contributed by atoms with Crippen LogP contribution < -0.4 is 5.32 Å². The Balaban J connectivity index is 2.84. The highest BCUT2D eigenvalue weighted by Gasteiger charge is 2.08. The smallest absolute Gasteiger partial charge is 0.335 e. The summed E-state index contributed by atoms with van der Waals surface area (Å²) in [5.41, 5.74) is 1.10. The van der Waals surface area contributed by atoms with Crippen LogP contribution in [0.25, 0.3) is 0 Å². The number of carbonyl (C=O) groups is 2. The van der Waals surface area contributed by atoms with Gasteiger partial charge in [-0.05, 0) is 44.2 Å². The first-order chi connectivity index (χ1) is 8.93. The Morgan fingerprint density at radius 2 is 1.74 bits per heavy atom. The minimum Gasteiger partial charge on any atom is -0.478 e. The third kappa shape index (κ3) is 4.60. The molecule has 0 radical (unpaired) electrons. The fourth-order valence-corrected chi connectivity index (χ4v) is 1.49. The van der Waals surface area contributed by atoms with E-state index in [1.165, 1.54) is 24.3 Å². The van der Waals surface area contributed by atoms with Crippen molar-refractivity contribution in [1.82, 2.24) is 5.32 Å². The van der Waals surface area contributed by atoms with Gasteiger partial charge in [0.05, 0.1) is 5.56 Å². The second kappa shape index (κ2) is 6.75. The SMILES string of the molecule is CC=C(C=C(C)Cl)NC(=O)c1ccc(C(=O)O)cc1. The fourth-order valence-electron chi connectivity index (χ4n) is 1.37. The van der Waals surface area contributed by atoms with Gasteiger partial charge in [-0.1, -0.05) is 17.7 Å². The van der Waals surface area contributed by atoms with Gasteiger partial charge < -0.3 is 10.4 Å². The second-order valence-corrected chi connectivity index (χ2v) is 4.41. The molecule has 0 bridgehead atoms. The van der Waals surface area contributed by atoms with E-state index in [1.54, 1.807) is 26.0 Å². The van der Waals surface area contributed by atoms with E-state index >= 15 is 0 Å². The van der Waals surface area contributed by atoms with Crippen molar-refractivity contribution >= 4 is 23.5 Å². The van der Waals surface area contributed by atoms with Crippen LogP contribution in [0.15, 0.2) is 47.1 Å². The molecule has 0 unspecified atom stereocenters. The summed E-state index contributed by atoms with van der Waals surface area (Å²) in [6.07, 6.45) is 3.35. The van der Waals surface area contributed by atoms with Crippen molar-refractivity contribution in [3.8, 4) is 0 Å². The lowest BCUT2D eigenvalue weighted by Gasteiger charge is -2.06. The summed E-state index contributed by atoms with van der Waals surface area (Å²) in [5.74, 6) is -1.35. The van der Waals surface area contributed by atoms with Crippen LogP contribution in [0.4, 0.5) is 0 Å². The number of amides is 1. The number of allylic oxidation sites excluding steroid dienone is 3. The summed E-state index contributed by atoms with van der Waals surface area (Å²) in [6, 6.07) is 5.69. The predicted molar refractivity (Wildman–Crippen MR) is 74.2 cm³/mol. The van der Waals surface area contributed by atoms with Gasteiger partial charge in [-0.2, -0.15) is 0 Å². The van der Waals surface area contributed by atoms with Crippen molar-refractivity contribution in [2.75, 3.05) is 0 Å². The minimum atomic E-state index is -1.03. The number of carboxylic acid groups (broad SMARTS) is 1. The van der Waals surface area contributed by atoms with Crippen molar-refractivity contribution in [1.29, 1.82) is 0 Å². The molecular formula is C14H14ClNO3. The molecule has 4 nitrogen and oxygen atoms in total. The lowest BCUT2D eigenvalue weighted by atomic mass is 10.1. The molecular weight excluding hydrogens is 266 g/mol. The lowest BCUT2D eigenvalue weighted by molar-refractivity contribution is 0.0696. The Hall–Kier alpha value is -2.07. The van der Waals surface area contributed by atoms with Gasteiger partial charge >= 0.3 is 5.97 Å². The van der Waals surface area contributed by atoms with Crippen LogP contribution in [0.5, 0.6) is 0 Å². The molecule has 19 heavy (non-hydrogen) atoms. The molecule has 0 saturated carbocycles. The fraction of sp³-hybridized carbons (Fsp3) is 0.143. The monoisotopic (exact) mass is 279 g/mol. The molecule has 0 aromatic heterocycles. The molecule has 2 N–H and O–H groups in total. The maximum absolute atomic E-state index is 11.9. The summed E-state index contributed by atoms with van der Waals surface area (Å²) in [4.78, 5) is 22.6. The Kier molecular flexibility index (Phi) is 5.33. The van der Waals surface area contributed by atoms with Crippen molar-refractivity contribution in [2.24, 2.45) is 0 Å². The third-order valence-electron chi connectivity index (χ3n) is 2.32. The van der Waals surface area contributed by atoms with Crippen molar-refractivity contribution < 1.29 is 14.7 Å². The van der Waals surface area contributed by atoms with Crippen molar-refractivity contribution in [3.05, 3.63) is 58.3 Å². The van der Waals surface area contributed by atoms with Crippen molar-refractivity contribution in [3.63, 3.8) is 0 Å². The van der Waals surface area contributed by atoms with E-state index in [9.17, 15) is 9.59 Å². The first kappa shape index (κ1) is 15.0. The average molecular weight is 280 g/mol. The maximum Gasteiger partial charge on any atom is 0.335 e. The highest BCUT2D eigenvalue weighted by Crippen LogP contribution is 2.07. The van der Waals surface area contributed by atoms with Crippen LogP contribution in [0.3, 0.4) is 0 Å². The molecule has 1 amide bonds. The molecule has 0 aliphatic rings. The normalized spacial score (nSPS) is 12.2. The molecule has 1 aromatic rings. The van der Waals surface area contributed by atoms with Crippen LogP contribution in [0, 0.1) is 0 Å². The van der Waals surface area contributed by atoms with E-state index in [0.717, 1.165) is 0 Å². The third-order valence-corrected chi connectivity index (χ3v) is 2.43. The molecule has 0 atom stereocenters. The molecule has 5 heteroatoms. The molecule has 0 saturated heterocycles. The summed E-state index contributed by atoms with van der Waals surface area (Å²) < 4.78 is 0. The number of carbonyl (C=O) groups excluding carboxylic acids is 1. The van der Waals surface area contributed by atoms with Crippen LogP contribution in [0.2, 0.25) is 0 Å². The molecule has 0 fully saturated rings. The molecule has 1 rings (SSSR count). The Bertz CT molecular complexity index is 540. The van der Waals surface area contributed by atoms with E-state index in [1.807, 2.05) is 0 Å². The number of aromatic carboxylic acids is 1. The van der Waals surface area contributed by atoms with Gasteiger partial charge in [0.2, 0.25) is 0 Å². The zero-order chi connectivity index (χ0) is 14.4. The minimum absolute atomic E-state index is 0.138. The molecule has 0 spiro atoms. The number of benzene rings is 1. The summed E-state index contributed by atoms with van der Waals surface area (Å²) in [7, 11) is 0.